The lowest BCUT2D eigenvalue weighted by Gasteiger charge is -2.16. The molecule has 0 radical (unpaired) electrons. The van der Waals surface area contributed by atoms with Crippen LogP contribution in [-0.2, 0) is 29.0 Å². The molecule has 1 aromatic carbocycles. The second-order valence-electron chi connectivity index (χ2n) is 6.17. The second-order valence-corrected chi connectivity index (χ2v) is 6.17. The van der Waals surface area contributed by atoms with Gasteiger partial charge >= 0.3 is 5.97 Å². The van der Waals surface area contributed by atoms with Gasteiger partial charge in [-0.25, -0.2) is 0 Å². The molecule has 0 saturated carbocycles. The topological polar surface area (TPSA) is 43.3 Å². The fourth-order valence-corrected chi connectivity index (χ4v) is 3.27. The normalized spacial score (nSPS) is 13.7. The van der Waals surface area contributed by atoms with Crippen LogP contribution in [0, 0.1) is 0 Å². The van der Waals surface area contributed by atoms with Crippen LogP contribution in [0.25, 0.3) is 10.9 Å². The molecule has 3 rings (SSSR count). The van der Waals surface area contributed by atoms with Gasteiger partial charge in [0, 0.05) is 36.1 Å². The van der Waals surface area contributed by atoms with Gasteiger partial charge in [-0.3, -0.25) is 4.79 Å². The molecule has 1 N–H and O–H groups in total. The highest BCUT2D eigenvalue weighted by molar-refractivity contribution is 5.88. The Labute approximate surface area is 143 Å². The smallest absolute Gasteiger partial charge is 0.325 e. The molecule has 2 heterocycles. The molecule has 0 spiro atoms. The fraction of sp³-hybridized carbons (Fsp3) is 0.500. The average molecular weight is 337 g/mol. The minimum atomic E-state index is -0.159. The standard InChI is InChI=1S/C18H24N2O2.ClH/c1-4-22-18(21)11-20-16-6-5-13(12(2)3)9-14(16)15-10-19-8-7-17(15)20;/h5-6,9,12,19H,4,7-8,10-11H2,1-3H3;1H. The van der Waals surface area contributed by atoms with Crippen molar-refractivity contribution in [2.75, 3.05) is 13.2 Å². The summed E-state index contributed by atoms with van der Waals surface area (Å²) in [5.74, 6) is 0.346. The number of carbonyl (C=O) groups is 1. The van der Waals surface area contributed by atoms with Crippen molar-refractivity contribution in [1.29, 1.82) is 0 Å². The van der Waals surface area contributed by atoms with Crippen LogP contribution in [-0.4, -0.2) is 23.7 Å². The van der Waals surface area contributed by atoms with Gasteiger partial charge in [-0.2, -0.15) is 0 Å². The number of hydrogen-bond acceptors (Lipinski definition) is 3. The predicted octanol–water partition coefficient (Wildman–Crippen LogP) is 3.40. The molecule has 0 fully saturated rings. The zero-order chi connectivity index (χ0) is 15.7. The summed E-state index contributed by atoms with van der Waals surface area (Å²) < 4.78 is 7.29. The van der Waals surface area contributed by atoms with E-state index in [0.29, 0.717) is 19.1 Å². The maximum absolute atomic E-state index is 12.0. The van der Waals surface area contributed by atoms with Crippen molar-refractivity contribution in [3.8, 4) is 0 Å². The van der Waals surface area contributed by atoms with Crippen molar-refractivity contribution in [3.05, 3.63) is 35.0 Å². The first-order valence-corrected chi connectivity index (χ1v) is 8.12. The Morgan fingerprint density at radius 1 is 1.39 bits per heavy atom. The molecule has 0 amide bonds. The Bertz CT molecular complexity index is 707. The molecule has 23 heavy (non-hydrogen) atoms. The molecule has 0 saturated heterocycles. The largest absolute Gasteiger partial charge is 0.465 e. The van der Waals surface area contributed by atoms with E-state index in [4.69, 9.17) is 4.74 Å². The summed E-state index contributed by atoms with van der Waals surface area (Å²) in [7, 11) is 0. The third kappa shape index (κ3) is 3.38. The number of nitrogens with zero attached hydrogens (tertiary/aromatic N) is 1. The van der Waals surface area contributed by atoms with Crippen molar-refractivity contribution >= 4 is 29.3 Å². The molecule has 0 aliphatic carbocycles. The molecule has 0 atom stereocenters. The SMILES string of the molecule is CCOC(=O)Cn1c2c(c3cc(C(C)C)ccc31)CNCC2.Cl. The maximum atomic E-state index is 12.0. The molecular weight excluding hydrogens is 312 g/mol. The summed E-state index contributed by atoms with van der Waals surface area (Å²) in [6.45, 7) is 8.84. The summed E-state index contributed by atoms with van der Waals surface area (Å²) in [5.41, 5.74) is 5.11. The minimum Gasteiger partial charge on any atom is -0.465 e. The summed E-state index contributed by atoms with van der Waals surface area (Å²) in [5, 5.41) is 4.72. The van der Waals surface area contributed by atoms with E-state index in [1.807, 2.05) is 6.92 Å². The number of fused-ring (bicyclic) bond motifs is 3. The van der Waals surface area contributed by atoms with Gasteiger partial charge in [0.05, 0.1) is 6.61 Å². The van der Waals surface area contributed by atoms with E-state index < -0.39 is 0 Å². The van der Waals surface area contributed by atoms with Gasteiger partial charge in [0.15, 0.2) is 0 Å². The molecular formula is C18H25ClN2O2. The second kappa shape index (κ2) is 7.37. The van der Waals surface area contributed by atoms with E-state index in [-0.39, 0.29) is 18.4 Å². The Morgan fingerprint density at radius 3 is 2.87 bits per heavy atom. The Kier molecular flexibility index (Phi) is 5.71. The summed E-state index contributed by atoms with van der Waals surface area (Å²) in [4.78, 5) is 12.0. The molecule has 2 aromatic rings. The van der Waals surface area contributed by atoms with E-state index >= 15 is 0 Å². The highest BCUT2D eigenvalue weighted by Crippen LogP contribution is 2.31. The first kappa shape index (κ1) is 17.8. The number of nitrogens with one attached hydrogen (secondary N) is 1. The van der Waals surface area contributed by atoms with E-state index in [9.17, 15) is 4.79 Å². The Morgan fingerprint density at radius 2 is 2.17 bits per heavy atom. The lowest BCUT2D eigenvalue weighted by molar-refractivity contribution is -0.143. The van der Waals surface area contributed by atoms with E-state index in [1.54, 1.807) is 0 Å². The van der Waals surface area contributed by atoms with Crippen LogP contribution < -0.4 is 5.32 Å². The number of carbonyl (C=O) groups excluding carboxylic acids is 1. The average Bonchev–Trinajstić information content (AvgIpc) is 2.81. The molecule has 0 bridgehead atoms. The van der Waals surface area contributed by atoms with Gasteiger partial charge in [0.2, 0.25) is 0 Å². The third-order valence-electron chi connectivity index (χ3n) is 4.41. The Balaban J connectivity index is 0.00000192. The van der Waals surface area contributed by atoms with E-state index in [1.165, 1.54) is 22.2 Å². The van der Waals surface area contributed by atoms with Crippen molar-refractivity contribution < 1.29 is 9.53 Å². The number of aromatic nitrogens is 1. The number of halogens is 1. The lowest BCUT2D eigenvalue weighted by Crippen LogP contribution is -2.25. The zero-order valence-electron chi connectivity index (χ0n) is 14.0. The predicted molar refractivity (Wildman–Crippen MR) is 95.3 cm³/mol. The van der Waals surface area contributed by atoms with Crippen molar-refractivity contribution in [2.24, 2.45) is 0 Å². The summed E-state index contributed by atoms with van der Waals surface area (Å²) >= 11 is 0. The molecule has 1 aliphatic rings. The first-order valence-electron chi connectivity index (χ1n) is 8.12. The third-order valence-corrected chi connectivity index (χ3v) is 4.41. The van der Waals surface area contributed by atoms with Crippen LogP contribution >= 0.6 is 12.4 Å². The van der Waals surface area contributed by atoms with Crippen LogP contribution in [0.4, 0.5) is 0 Å². The summed E-state index contributed by atoms with van der Waals surface area (Å²) in [6.07, 6.45) is 0.959. The maximum Gasteiger partial charge on any atom is 0.325 e. The van der Waals surface area contributed by atoms with E-state index in [2.05, 4.69) is 41.9 Å². The highest BCUT2D eigenvalue weighted by Gasteiger charge is 2.21. The van der Waals surface area contributed by atoms with Crippen molar-refractivity contribution in [2.45, 2.75) is 46.2 Å². The zero-order valence-corrected chi connectivity index (χ0v) is 14.8. The number of rotatable bonds is 4. The van der Waals surface area contributed by atoms with Crippen LogP contribution in [0.5, 0.6) is 0 Å². The molecule has 126 valence electrons. The number of ether oxygens (including phenoxy) is 1. The molecule has 4 nitrogen and oxygen atoms in total. The number of hydrogen-bond donors (Lipinski definition) is 1. The van der Waals surface area contributed by atoms with Gasteiger partial charge in [-0.1, -0.05) is 19.9 Å². The molecule has 0 unspecified atom stereocenters. The molecule has 1 aromatic heterocycles. The number of benzene rings is 1. The van der Waals surface area contributed by atoms with Crippen LogP contribution in [0.15, 0.2) is 18.2 Å². The summed E-state index contributed by atoms with van der Waals surface area (Å²) in [6, 6.07) is 6.61. The molecule has 5 heteroatoms. The fourth-order valence-electron chi connectivity index (χ4n) is 3.27. The van der Waals surface area contributed by atoms with Gasteiger partial charge < -0.3 is 14.6 Å². The lowest BCUT2D eigenvalue weighted by atomic mass is 9.99. The van der Waals surface area contributed by atoms with Gasteiger partial charge in [-0.05, 0) is 36.1 Å². The van der Waals surface area contributed by atoms with Gasteiger partial charge in [-0.15, -0.1) is 12.4 Å². The minimum absolute atomic E-state index is 0. The molecule has 1 aliphatic heterocycles. The van der Waals surface area contributed by atoms with Crippen LogP contribution in [0.1, 0.15) is 43.5 Å². The van der Waals surface area contributed by atoms with E-state index in [0.717, 1.165) is 25.0 Å². The van der Waals surface area contributed by atoms with Crippen LogP contribution in [0.3, 0.4) is 0 Å². The van der Waals surface area contributed by atoms with Gasteiger partial charge in [0.1, 0.15) is 6.54 Å². The van der Waals surface area contributed by atoms with Crippen molar-refractivity contribution in [3.63, 3.8) is 0 Å². The first-order chi connectivity index (χ1) is 10.6. The quantitative estimate of drug-likeness (QED) is 0.870. The van der Waals surface area contributed by atoms with Gasteiger partial charge in [0.25, 0.3) is 0 Å². The van der Waals surface area contributed by atoms with Crippen LogP contribution in [0.2, 0.25) is 0 Å². The Hall–Kier alpha value is -1.52. The highest BCUT2D eigenvalue weighted by atomic mass is 35.5. The monoisotopic (exact) mass is 336 g/mol. The number of esters is 1. The van der Waals surface area contributed by atoms with Crippen molar-refractivity contribution in [1.82, 2.24) is 9.88 Å².